The zero-order chi connectivity index (χ0) is 10.9. The molecule has 15 heavy (non-hydrogen) atoms. The third kappa shape index (κ3) is 4.32. The average molecular weight is 209 g/mol. The van der Waals surface area contributed by atoms with E-state index in [4.69, 9.17) is 9.15 Å². The first-order chi connectivity index (χ1) is 7.38. The second kappa shape index (κ2) is 7.26. The first-order valence-electron chi connectivity index (χ1n) is 5.33. The third-order valence-electron chi connectivity index (χ3n) is 2.09. The Kier molecular flexibility index (Phi) is 5.81. The molecule has 1 rings (SSSR count). The zero-order valence-corrected chi connectivity index (χ0v) is 9.45. The highest BCUT2D eigenvalue weighted by Crippen LogP contribution is 2.11. The van der Waals surface area contributed by atoms with Gasteiger partial charge in [0.1, 0.15) is 12.4 Å². The summed E-state index contributed by atoms with van der Waals surface area (Å²) in [5.74, 6) is 0.917. The number of nitrogens with one attached hydrogen (secondary N) is 1. The summed E-state index contributed by atoms with van der Waals surface area (Å²) < 4.78 is 10.8. The highest BCUT2D eigenvalue weighted by Gasteiger charge is 2.04. The predicted octanol–water partition coefficient (Wildman–Crippen LogP) is 2.48. The second-order valence-corrected chi connectivity index (χ2v) is 3.23. The normalized spacial score (nSPS) is 11.3. The maximum Gasteiger partial charge on any atom is 0.133 e. The summed E-state index contributed by atoms with van der Waals surface area (Å²) in [6.07, 6.45) is 5.66. The third-order valence-corrected chi connectivity index (χ3v) is 2.09. The van der Waals surface area contributed by atoms with Crippen molar-refractivity contribution in [2.24, 2.45) is 0 Å². The molecular formula is C12H19NO2. The Bertz CT molecular complexity index is 292. The molecule has 84 valence electrons. The Labute approximate surface area is 91.1 Å². The molecule has 0 atom stereocenters. The van der Waals surface area contributed by atoms with Gasteiger partial charge in [-0.1, -0.05) is 19.1 Å². The monoisotopic (exact) mass is 209 g/mol. The lowest BCUT2D eigenvalue weighted by molar-refractivity contribution is 0.130. The van der Waals surface area contributed by atoms with Gasteiger partial charge in [0.05, 0.1) is 12.9 Å². The molecule has 0 radical (unpaired) electrons. The van der Waals surface area contributed by atoms with Crippen LogP contribution in [-0.2, 0) is 17.9 Å². The zero-order valence-electron chi connectivity index (χ0n) is 9.45. The van der Waals surface area contributed by atoms with Gasteiger partial charge in [-0.15, -0.1) is 0 Å². The molecule has 0 saturated carbocycles. The molecule has 0 aliphatic heterocycles. The Morgan fingerprint density at radius 2 is 2.40 bits per heavy atom. The lowest BCUT2D eigenvalue weighted by Gasteiger charge is -2.03. The first-order valence-corrected chi connectivity index (χ1v) is 5.33. The number of hydrogen-bond donors (Lipinski definition) is 1. The summed E-state index contributed by atoms with van der Waals surface area (Å²) in [5, 5.41) is 3.26. The molecule has 0 bridgehead atoms. The highest BCUT2D eigenvalue weighted by molar-refractivity contribution is 5.16. The molecule has 0 unspecified atom stereocenters. The standard InChI is InChI=1S/C12H19NO2/c1-3-5-7-14-10-12-11(6-8-15-12)9-13-4-2/h3,5-6,8,13H,4,7,9-10H2,1-2H3. The van der Waals surface area contributed by atoms with Gasteiger partial charge < -0.3 is 14.5 Å². The molecule has 1 aromatic heterocycles. The minimum atomic E-state index is 0.540. The molecule has 0 aromatic carbocycles. The van der Waals surface area contributed by atoms with Crippen LogP contribution >= 0.6 is 0 Å². The van der Waals surface area contributed by atoms with Crippen molar-refractivity contribution in [3.63, 3.8) is 0 Å². The van der Waals surface area contributed by atoms with Gasteiger partial charge in [-0.2, -0.15) is 0 Å². The van der Waals surface area contributed by atoms with Crippen LogP contribution in [0.4, 0.5) is 0 Å². The van der Waals surface area contributed by atoms with E-state index < -0.39 is 0 Å². The van der Waals surface area contributed by atoms with E-state index in [0.717, 1.165) is 18.8 Å². The fourth-order valence-corrected chi connectivity index (χ4v) is 1.23. The van der Waals surface area contributed by atoms with Gasteiger partial charge in [0.25, 0.3) is 0 Å². The van der Waals surface area contributed by atoms with E-state index in [1.807, 2.05) is 25.1 Å². The molecular weight excluding hydrogens is 190 g/mol. The molecule has 0 saturated heterocycles. The lowest BCUT2D eigenvalue weighted by atomic mass is 10.2. The summed E-state index contributed by atoms with van der Waals surface area (Å²) >= 11 is 0. The first kappa shape index (κ1) is 12.0. The van der Waals surface area contributed by atoms with Crippen LogP contribution in [0.5, 0.6) is 0 Å². The molecule has 0 spiro atoms. The summed E-state index contributed by atoms with van der Waals surface area (Å²) in [6.45, 7) is 7.05. The smallest absolute Gasteiger partial charge is 0.133 e. The van der Waals surface area contributed by atoms with Crippen molar-refractivity contribution in [1.82, 2.24) is 5.32 Å². The van der Waals surface area contributed by atoms with Gasteiger partial charge in [-0.25, -0.2) is 0 Å². The second-order valence-electron chi connectivity index (χ2n) is 3.23. The SMILES string of the molecule is CC=CCOCc1occc1CNCC. The fourth-order valence-electron chi connectivity index (χ4n) is 1.23. The molecule has 0 fully saturated rings. The Morgan fingerprint density at radius 3 is 3.13 bits per heavy atom. The number of allylic oxidation sites excluding steroid dienone is 1. The van der Waals surface area contributed by atoms with Crippen LogP contribution in [0.15, 0.2) is 28.9 Å². The van der Waals surface area contributed by atoms with Crippen molar-refractivity contribution in [2.45, 2.75) is 27.0 Å². The fraction of sp³-hybridized carbons (Fsp3) is 0.500. The van der Waals surface area contributed by atoms with Gasteiger partial charge in [-0.3, -0.25) is 0 Å². The van der Waals surface area contributed by atoms with E-state index in [2.05, 4.69) is 12.2 Å². The maximum absolute atomic E-state index is 5.43. The minimum Gasteiger partial charge on any atom is -0.467 e. The number of hydrogen-bond acceptors (Lipinski definition) is 3. The highest BCUT2D eigenvalue weighted by atomic mass is 16.5. The minimum absolute atomic E-state index is 0.540. The lowest BCUT2D eigenvalue weighted by Crippen LogP contribution is -2.12. The van der Waals surface area contributed by atoms with Crippen molar-refractivity contribution < 1.29 is 9.15 Å². The van der Waals surface area contributed by atoms with Crippen LogP contribution in [0.3, 0.4) is 0 Å². The van der Waals surface area contributed by atoms with E-state index >= 15 is 0 Å². The average Bonchev–Trinajstić information content (AvgIpc) is 2.69. The van der Waals surface area contributed by atoms with E-state index in [1.54, 1.807) is 6.26 Å². The van der Waals surface area contributed by atoms with Gasteiger partial charge in [0.2, 0.25) is 0 Å². The number of furan rings is 1. The van der Waals surface area contributed by atoms with Crippen molar-refractivity contribution >= 4 is 0 Å². The molecule has 1 heterocycles. The Hall–Kier alpha value is -1.06. The van der Waals surface area contributed by atoms with Crippen LogP contribution in [0, 0.1) is 0 Å². The summed E-state index contributed by atoms with van der Waals surface area (Å²) in [7, 11) is 0. The number of ether oxygens (including phenoxy) is 1. The molecule has 0 amide bonds. The molecule has 3 nitrogen and oxygen atoms in total. The molecule has 1 aromatic rings. The van der Waals surface area contributed by atoms with Gasteiger partial charge in [-0.05, 0) is 19.5 Å². The summed E-state index contributed by atoms with van der Waals surface area (Å²) in [5.41, 5.74) is 1.18. The maximum atomic E-state index is 5.43. The van der Waals surface area contributed by atoms with Gasteiger partial charge in [0, 0.05) is 12.1 Å². The predicted molar refractivity (Wildman–Crippen MR) is 60.6 cm³/mol. The van der Waals surface area contributed by atoms with Crippen molar-refractivity contribution in [3.8, 4) is 0 Å². The quantitative estimate of drug-likeness (QED) is 0.553. The van der Waals surface area contributed by atoms with Gasteiger partial charge in [0.15, 0.2) is 0 Å². The molecule has 0 aliphatic carbocycles. The Balaban J connectivity index is 2.35. The van der Waals surface area contributed by atoms with Gasteiger partial charge >= 0.3 is 0 Å². The van der Waals surface area contributed by atoms with E-state index in [0.29, 0.717) is 13.2 Å². The summed E-state index contributed by atoms with van der Waals surface area (Å²) in [4.78, 5) is 0. The van der Waals surface area contributed by atoms with Crippen molar-refractivity contribution in [1.29, 1.82) is 0 Å². The molecule has 3 heteroatoms. The van der Waals surface area contributed by atoms with Crippen LogP contribution in [0.25, 0.3) is 0 Å². The van der Waals surface area contributed by atoms with Crippen LogP contribution < -0.4 is 5.32 Å². The van der Waals surface area contributed by atoms with E-state index in [-0.39, 0.29) is 0 Å². The van der Waals surface area contributed by atoms with Crippen molar-refractivity contribution in [2.75, 3.05) is 13.2 Å². The topological polar surface area (TPSA) is 34.4 Å². The molecule has 1 N–H and O–H groups in total. The number of rotatable bonds is 7. The van der Waals surface area contributed by atoms with Crippen LogP contribution in [-0.4, -0.2) is 13.2 Å². The molecule has 0 aliphatic rings. The van der Waals surface area contributed by atoms with Crippen molar-refractivity contribution in [3.05, 3.63) is 35.8 Å². The summed E-state index contributed by atoms with van der Waals surface area (Å²) in [6, 6.07) is 1.98. The van der Waals surface area contributed by atoms with Crippen LogP contribution in [0.2, 0.25) is 0 Å². The Morgan fingerprint density at radius 1 is 1.53 bits per heavy atom. The van der Waals surface area contributed by atoms with E-state index in [1.165, 1.54) is 5.56 Å². The largest absolute Gasteiger partial charge is 0.467 e. The van der Waals surface area contributed by atoms with E-state index in [9.17, 15) is 0 Å². The van der Waals surface area contributed by atoms with Crippen LogP contribution in [0.1, 0.15) is 25.2 Å².